The van der Waals surface area contributed by atoms with Crippen LogP contribution >= 0.6 is 11.3 Å². The third kappa shape index (κ3) is 5.88. The Morgan fingerprint density at radius 2 is 1.94 bits per heavy atom. The van der Waals surface area contributed by atoms with E-state index in [1.165, 1.54) is 27.5 Å². The molecule has 1 aliphatic rings. The fourth-order valence-electron chi connectivity index (χ4n) is 3.45. The maximum absolute atomic E-state index is 13.6. The Balaban J connectivity index is 1.93. The number of thiazole rings is 1. The zero-order valence-electron chi connectivity index (χ0n) is 17.2. The number of amides is 2. The molecule has 2 heterocycles. The Morgan fingerprint density at radius 3 is 2.52 bits per heavy atom. The second-order valence-electron chi connectivity index (χ2n) is 7.31. The smallest absolute Gasteiger partial charge is 0.240 e. The van der Waals surface area contributed by atoms with Crippen LogP contribution in [-0.2, 0) is 30.8 Å². The molecule has 9 nitrogen and oxygen atoms in total. The van der Waals surface area contributed by atoms with E-state index in [0.29, 0.717) is 13.2 Å². The van der Waals surface area contributed by atoms with Crippen molar-refractivity contribution in [2.45, 2.75) is 19.4 Å². The van der Waals surface area contributed by atoms with Crippen LogP contribution in [0.1, 0.15) is 12.5 Å². The van der Waals surface area contributed by atoms with Gasteiger partial charge in [-0.2, -0.15) is 4.31 Å². The van der Waals surface area contributed by atoms with Crippen LogP contribution in [0.2, 0.25) is 0 Å². The molecule has 1 aromatic heterocycles. The number of morpholine rings is 1. The molecule has 11 heteroatoms. The third-order valence-electron chi connectivity index (χ3n) is 5.15. The Morgan fingerprint density at radius 1 is 1.26 bits per heavy atom. The monoisotopic (exact) mass is 466 g/mol. The molecular formula is C20H26N4O5S2. The summed E-state index contributed by atoms with van der Waals surface area (Å²) in [5.41, 5.74) is 7.84. The SMILES string of the molecule is CC(C(N)=O)N(C(=O)C(Cc1ccccc1)CS(=O)(=O)N1CCOCC1)c1cscn1. The summed E-state index contributed by atoms with van der Waals surface area (Å²) in [7, 11) is -3.72. The summed E-state index contributed by atoms with van der Waals surface area (Å²) in [5, 5.41) is 1.63. The van der Waals surface area contributed by atoms with Gasteiger partial charge in [0.25, 0.3) is 0 Å². The number of carbonyl (C=O) groups excluding carboxylic acids is 2. The molecule has 1 aliphatic heterocycles. The van der Waals surface area contributed by atoms with Crippen LogP contribution in [0.3, 0.4) is 0 Å². The summed E-state index contributed by atoms with van der Waals surface area (Å²) in [6.07, 6.45) is 0.204. The minimum Gasteiger partial charge on any atom is -0.379 e. The maximum atomic E-state index is 13.6. The minimum absolute atomic E-state index is 0.204. The highest BCUT2D eigenvalue weighted by Crippen LogP contribution is 2.24. The largest absolute Gasteiger partial charge is 0.379 e. The van der Waals surface area contributed by atoms with Crippen LogP contribution in [0.4, 0.5) is 5.82 Å². The number of rotatable bonds is 9. The molecular weight excluding hydrogens is 440 g/mol. The quantitative estimate of drug-likeness (QED) is 0.585. The molecule has 0 spiro atoms. The fourth-order valence-corrected chi connectivity index (χ4v) is 5.66. The van der Waals surface area contributed by atoms with E-state index in [1.807, 2.05) is 30.3 Å². The van der Waals surface area contributed by atoms with Crippen molar-refractivity contribution in [1.82, 2.24) is 9.29 Å². The molecule has 1 aromatic carbocycles. The van der Waals surface area contributed by atoms with Crippen LogP contribution in [0, 0.1) is 5.92 Å². The Labute approximate surface area is 185 Å². The van der Waals surface area contributed by atoms with Crippen molar-refractivity contribution in [3.05, 3.63) is 46.8 Å². The zero-order chi connectivity index (χ0) is 22.4. The van der Waals surface area contributed by atoms with Gasteiger partial charge in [0.1, 0.15) is 11.9 Å². The van der Waals surface area contributed by atoms with E-state index in [2.05, 4.69) is 4.98 Å². The Hall–Kier alpha value is -2.34. The maximum Gasteiger partial charge on any atom is 0.240 e. The van der Waals surface area contributed by atoms with E-state index in [4.69, 9.17) is 10.5 Å². The molecule has 2 unspecified atom stereocenters. The molecule has 0 aliphatic carbocycles. The summed E-state index contributed by atoms with van der Waals surface area (Å²) >= 11 is 1.27. The number of carbonyl (C=O) groups is 2. The molecule has 2 atom stereocenters. The second kappa shape index (κ2) is 10.3. The van der Waals surface area contributed by atoms with E-state index in [0.717, 1.165) is 5.56 Å². The van der Waals surface area contributed by atoms with Crippen LogP contribution in [0.5, 0.6) is 0 Å². The van der Waals surface area contributed by atoms with Crippen LogP contribution in [0.15, 0.2) is 41.2 Å². The number of nitrogens with two attached hydrogens (primary N) is 1. The molecule has 3 rings (SSSR count). The van der Waals surface area contributed by atoms with Gasteiger partial charge in [-0.3, -0.25) is 14.5 Å². The number of nitrogens with zero attached hydrogens (tertiary/aromatic N) is 3. The molecule has 0 radical (unpaired) electrons. The summed E-state index contributed by atoms with van der Waals surface area (Å²) in [6, 6.07) is 8.22. The Kier molecular flexibility index (Phi) is 7.76. The molecule has 1 fully saturated rings. The molecule has 2 N–H and O–H groups in total. The van der Waals surface area contributed by atoms with Crippen molar-refractivity contribution < 1.29 is 22.7 Å². The van der Waals surface area contributed by atoms with Gasteiger partial charge < -0.3 is 10.5 Å². The van der Waals surface area contributed by atoms with Crippen molar-refractivity contribution in [1.29, 1.82) is 0 Å². The van der Waals surface area contributed by atoms with Gasteiger partial charge in [0.15, 0.2) is 0 Å². The van der Waals surface area contributed by atoms with Gasteiger partial charge in [0.2, 0.25) is 21.8 Å². The first-order valence-corrected chi connectivity index (χ1v) is 12.4. The number of aromatic nitrogens is 1. The zero-order valence-corrected chi connectivity index (χ0v) is 18.8. The van der Waals surface area contributed by atoms with E-state index in [-0.39, 0.29) is 31.1 Å². The summed E-state index contributed by atoms with van der Waals surface area (Å²) in [5.74, 6) is -2.22. The van der Waals surface area contributed by atoms with Gasteiger partial charge in [-0.25, -0.2) is 13.4 Å². The van der Waals surface area contributed by atoms with Gasteiger partial charge in [-0.15, -0.1) is 11.3 Å². The molecule has 0 bridgehead atoms. The number of ether oxygens (including phenoxy) is 1. The van der Waals surface area contributed by atoms with Crippen molar-refractivity contribution in [3.63, 3.8) is 0 Å². The number of anilines is 1. The first kappa shape index (κ1) is 23.3. The summed E-state index contributed by atoms with van der Waals surface area (Å²) < 4.78 is 32.8. The number of hydrogen-bond acceptors (Lipinski definition) is 7. The highest BCUT2D eigenvalue weighted by molar-refractivity contribution is 7.89. The summed E-state index contributed by atoms with van der Waals surface area (Å²) in [4.78, 5) is 30.9. The molecule has 2 amide bonds. The number of primary amides is 1. The van der Waals surface area contributed by atoms with Crippen LogP contribution in [-0.4, -0.2) is 67.6 Å². The van der Waals surface area contributed by atoms with Gasteiger partial charge >= 0.3 is 0 Å². The lowest BCUT2D eigenvalue weighted by atomic mass is 9.99. The van der Waals surface area contributed by atoms with Gasteiger partial charge in [0, 0.05) is 18.5 Å². The first-order chi connectivity index (χ1) is 14.8. The second-order valence-corrected chi connectivity index (χ2v) is 10.0. The number of benzene rings is 1. The molecule has 0 saturated carbocycles. The van der Waals surface area contributed by atoms with E-state index in [1.54, 1.807) is 10.9 Å². The molecule has 2 aromatic rings. The lowest BCUT2D eigenvalue weighted by molar-refractivity contribution is -0.126. The van der Waals surface area contributed by atoms with Crippen molar-refractivity contribution in [3.8, 4) is 0 Å². The molecule has 1 saturated heterocycles. The predicted molar refractivity (Wildman–Crippen MR) is 118 cm³/mol. The topological polar surface area (TPSA) is 123 Å². The average Bonchev–Trinajstić information content (AvgIpc) is 3.29. The van der Waals surface area contributed by atoms with Crippen molar-refractivity contribution in [2.24, 2.45) is 11.7 Å². The number of sulfonamides is 1. The Bertz CT molecular complexity index is 976. The first-order valence-electron chi connectivity index (χ1n) is 9.89. The lowest BCUT2D eigenvalue weighted by Crippen LogP contribution is -2.51. The highest BCUT2D eigenvalue weighted by Gasteiger charge is 2.37. The minimum atomic E-state index is -3.72. The third-order valence-corrected chi connectivity index (χ3v) is 7.70. The standard InChI is InChI=1S/C20H26N4O5S2/c1-15(19(21)25)24(18-12-30-14-22-18)20(26)17(11-16-5-3-2-4-6-16)13-31(27,28)23-7-9-29-10-8-23/h2-6,12,14-15,17H,7-11,13H2,1H3,(H2,21,25). The van der Waals surface area contributed by atoms with E-state index in [9.17, 15) is 18.0 Å². The predicted octanol–water partition coefficient (Wildman–Crippen LogP) is 0.871. The van der Waals surface area contributed by atoms with Gasteiger partial charge in [-0.1, -0.05) is 30.3 Å². The van der Waals surface area contributed by atoms with E-state index >= 15 is 0 Å². The lowest BCUT2D eigenvalue weighted by Gasteiger charge is -2.31. The summed E-state index contributed by atoms with van der Waals surface area (Å²) in [6.45, 7) is 2.65. The molecule has 168 valence electrons. The average molecular weight is 467 g/mol. The normalized spacial score (nSPS) is 17.1. The fraction of sp³-hybridized carbons (Fsp3) is 0.450. The van der Waals surface area contributed by atoms with Crippen molar-refractivity contribution >= 4 is 39.0 Å². The van der Waals surface area contributed by atoms with Crippen molar-refractivity contribution in [2.75, 3.05) is 37.0 Å². The van der Waals surface area contributed by atoms with Crippen LogP contribution < -0.4 is 10.6 Å². The highest BCUT2D eigenvalue weighted by atomic mass is 32.2. The van der Waals surface area contributed by atoms with Gasteiger partial charge in [-0.05, 0) is 18.9 Å². The van der Waals surface area contributed by atoms with E-state index < -0.39 is 33.8 Å². The molecule has 31 heavy (non-hydrogen) atoms. The van der Waals surface area contributed by atoms with Crippen LogP contribution in [0.25, 0.3) is 0 Å². The number of hydrogen-bond donors (Lipinski definition) is 1. The van der Waals surface area contributed by atoms with Gasteiger partial charge in [0.05, 0.1) is 30.4 Å².